The van der Waals surface area contributed by atoms with E-state index in [1.165, 1.54) is 0 Å². The first-order chi connectivity index (χ1) is 5.74. The summed E-state index contributed by atoms with van der Waals surface area (Å²) in [4.78, 5) is 0. The van der Waals surface area contributed by atoms with Crippen LogP contribution in [-0.2, 0) is 4.74 Å². The lowest BCUT2D eigenvalue weighted by Gasteiger charge is -2.18. The minimum atomic E-state index is -2.52. The van der Waals surface area contributed by atoms with Gasteiger partial charge in [0, 0.05) is 12.6 Å². The molecular weight excluding hydrogens is 168 g/mol. The molecule has 0 spiro atoms. The first-order valence-electron chi connectivity index (χ1n) is 3.97. The molecule has 72 valence electrons. The van der Waals surface area contributed by atoms with E-state index in [0.717, 1.165) is 6.42 Å². The van der Waals surface area contributed by atoms with Crippen molar-refractivity contribution in [3.8, 4) is 0 Å². The van der Waals surface area contributed by atoms with Crippen molar-refractivity contribution in [3.05, 3.63) is 0 Å². The summed E-state index contributed by atoms with van der Waals surface area (Å²) in [6.45, 7) is 0.538. The number of nitrogens with one attached hydrogen (secondary N) is 1. The van der Waals surface area contributed by atoms with Gasteiger partial charge < -0.3 is 15.2 Å². The van der Waals surface area contributed by atoms with E-state index >= 15 is 0 Å². The standard InChI is InChI=1S/C7H13F2NO2/c8-7(9)6(3-11)10-5-1-2-12-4-5/h5-7,10-11H,1-4H2/t5?,6-/m1/s1. The molecule has 0 saturated carbocycles. The van der Waals surface area contributed by atoms with Crippen molar-refractivity contribution >= 4 is 0 Å². The van der Waals surface area contributed by atoms with Gasteiger partial charge in [-0.05, 0) is 6.42 Å². The van der Waals surface area contributed by atoms with Crippen LogP contribution in [0.1, 0.15) is 6.42 Å². The Hall–Kier alpha value is -0.260. The highest BCUT2D eigenvalue weighted by Crippen LogP contribution is 2.07. The van der Waals surface area contributed by atoms with E-state index in [2.05, 4.69) is 5.32 Å². The average molecular weight is 181 g/mol. The van der Waals surface area contributed by atoms with E-state index in [-0.39, 0.29) is 6.04 Å². The zero-order chi connectivity index (χ0) is 8.97. The second-order valence-electron chi connectivity index (χ2n) is 2.85. The summed E-state index contributed by atoms with van der Waals surface area (Å²) in [5, 5.41) is 11.2. The summed E-state index contributed by atoms with van der Waals surface area (Å²) in [5.41, 5.74) is 0. The molecule has 0 radical (unpaired) electrons. The maximum atomic E-state index is 12.1. The summed E-state index contributed by atoms with van der Waals surface area (Å²) in [5.74, 6) is 0. The van der Waals surface area contributed by atoms with Crippen LogP contribution in [0.25, 0.3) is 0 Å². The lowest BCUT2D eigenvalue weighted by molar-refractivity contribution is 0.0579. The Morgan fingerprint density at radius 2 is 2.33 bits per heavy atom. The van der Waals surface area contributed by atoms with Gasteiger partial charge in [0.05, 0.1) is 19.3 Å². The molecule has 0 aromatic heterocycles. The van der Waals surface area contributed by atoms with Crippen LogP contribution >= 0.6 is 0 Å². The van der Waals surface area contributed by atoms with Gasteiger partial charge in [0.2, 0.25) is 0 Å². The Morgan fingerprint density at radius 1 is 1.58 bits per heavy atom. The number of halogens is 2. The van der Waals surface area contributed by atoms with Crippen molar-refractivity contribution in [1.82, 2.24) is 5.32 Å². The topological polar surface area (TPSA) is 41.5 Å². The number of alkyl halides is 2. The summed E-state index contributed by atoms with van der Waals surface area (Å²) in [7, 11) is 0. The number of hydrogen-bond donors (Lipinski definition) is 2. The van der Waals surface area contributed by atoms with Gasteiger partial charge in [0.25, 0.3) is 6.43 Å². The van der Waals surface area contributed by atoms with Gasteiger partial charge in [-0.2, -0.15) is 0 Å². The third kappa shape index (κ3) is 2.66. The number of rotatable bonds is 4. The van der Waals surface area contributed by atoms with Gasteiger partial charge in [-0.25, -0.2) is 8.78 Å². The van der Waals surface area contributed by atoms with Crippen molar-refractivity contribution in [2.75, 3.05) is 19.8 Å². The van der Waals surface area contributed by atoms with Gasteiger partial charge >= 0.3 is 0 Å². The maximum absolute atomic E-state index is 12.1. The molecule has 12 heavy (non-hydrogen) atoms. The van der Waals surface area contributed by atoms with E-state index in [1.54, 1.807) is 0 Å². The molecule has 0 aromatic carbocycles. The van der Waals surface area contributed by atoms with E-state index in [9.17, 15) is 8.78 Å². The first kappa shape index (κ1) is 9.83. The second kappa shape index (κ2) is 4.69. The van der Waals surface area contributed by atoms with Crippen molar-refractivity contribution in [2.45, 2.75) is 24.9 Å². The highest BCUT2D eigenvalue weighted by molar-refractivity contribution is 4.78. The van der Waals surface area contributed by atoms with Gasteiger partial charge in [0.1, 0.15) is 0 Å². The highest BCUT2D eigenvalue weighted by atomic mass is 19.3. The zero-order valence-corrected chi connectivity index (χ0v) is 6.67. The number of hydrogen-bond acceptors (Lipinski definition) is 3. The smallest absolute Gasteiger partial charge is 0.255 e. The average Bonchev–Trinajstić information content (AvgIpc) is 2.51. The van der Waals surface area contributed by atoms with Gasteiger partial charge in [-0.1, -0.05) is 0 Å². The summed E-state index contributed by atoms with van der Waals surface area (Å²) in [6.07, 6.45) is -1.78. The van der Waals surface area contributed by atoms with E-state index < -0.39 is 19.1 Å². The predicted octanol–water partition coefficient (Wildman–Crippen LogP) is -0.00910. The molecule has 1 aliphatic rings. The lowest BCUT2D eigenvalue weighted by atomic mass is 10.2. The Bertz CT molecular complexity index is 129. The molecule has 0 aliphatic carbocycles. The van der Waals surface area contributed by atoms with Crippen LogP contribution < -0.4 is 5.32 Å². The fourth-order valence-electron chi connectivity index (χ4n) is 1.17. The van der Waals surface area contributed by atoms with Gasteiger partial charge in [0.15, 0.2) is 0 Å². The molecule has 2 atom stereocenters. The molecule has 1 fully saturated rings. The summed E-state index contributed by atoms with van der Waals surface area (Å²) >= 11 is 0. The third-order valence-electron chi connectivity index (χ3n) is 1.88. The molecule has 0 aromatic rings. The maximum Gasteiger partial charge on any atom is 0.255 e. The summed E-state index contributed by atoms with van der Waals surface area (Å²) < 4.78 is 29.2. The molecule has 1 unspecified atom stereocenters. The Balaban J connectivity index is 2.26. The van der Waals surface area contributed by atoms with E-state index in [4.69, 9.17) is 9.84 Å². The van der Waals surface area contributed by atoms with Crippen LogP contribution in [0.15, 0.2) is 0 Å². The quantitative estimate of drug-likeness (QED) is 0.641. The van der Waals surface area contributed by atoms with Crippen LogP contribution in [0, 0.1) is 0 Å². The number of aliphatic hydroxyl groups excluding tert-OH is 1. The Kier molecular flexibility index (Phi) is 3.84. The van der Waals surface area contributed by atoms with E-state index in [0.29, 0.717) is 13.2 Å². The van der Waals surface area contributed by atoms with Crippen molar-refractivity contribution in [2.24, 2.45) is 0 Å². The second-order valence-corrected chi connectivity index (χ2v) is 2.85. The summed E-state index contributed by atoms with van der Waals surface area (Å²) in [6, 6.07) is -1.15. The molecular formula is C7H13F2NO2. The minimum Gasteiger partial charge on any atom is -0.395 e. The van der Waals surface area contributed by atoms with Crippen molar-refractivity contribution < 1.29 is 18.6 Å². The Morgan fingerprint density at radius 3 is 2.75 bits per heavy atom. The van der Waals surface area contributed by atoms with Gasteiger partial charge in [-0.15, -0.1) is 0 Å². The monoisotopic (exact) mass is 181 g/mol. The number of ether oxygens (including phenoxy) is 1. The third-order valence-corrected chi connectivity index (χ3v) is 1.88. The SMILES string of the molecule is OC[C@@H](NC1CCOC1)C(F)F. The molecule has 1 aliphatic heterocycles. The predicted molar refractivity (Wildman–Crippen MR) is 39.2 cm³/mol. The molecule has 1 rings (SSSR count). The van der Waals surface area contributed by atoms with Crippen LogP contribution in [0.3, 0.4) is 0 Å². The Labute approximate surface area is 69.7 Å². The largest absolute Gasteiger partial charge is 0.395 e. The fraction of sp³-hybridized carbons (Fsp3) is 1.00. The number of aliphatic hydroxyl groups is 1. The molecule has 5 heteroatoms. The van der Waals surface area contributed by atoms with E-state index in [1.807, 2.05) is 0 Å². The molecule has 1 saturated heterocycles. The van der Waals surface area contributed by atoms with Crippen LogP contribution in [0.4, 0.5) is 8.78 Å². The highest BCUT2D eigenvalue weighted by Gasteiger charge is 2.24. The lowest BCUT2D eigenvalue weighted by Crippen LogP contribution is -2.45. The molecule has 3 nitrogen and oxygen atoms in total. The van der Waals surface area contributed by atoms with Crippen LogP contribution in [-0.4, -0.2) is 43.4 Å². The van der Waals surface area contributed by atoms with Gasteiger partial charge in [-0.3, -0.25) is 0 Å². The fourth-order valence-corrected chi connectivity index (χ4v) is 1.17. The minimum absolute atomic E-state index is 0.0313. The normalized spacial score (nSPS) is 26.5. The molecule has 2 N–H and O–H groups in total. The first-order valence-corrected chi connectivity index (χ1v) is 3.97. The zero-order valence-electron chi connectivity index (χ0n) is 6.67. The van der Waals surface area contributed by atoms with Crippen LogP contribution in [0.5, 0.6) is 0 Å². The van der Waals surface area contributed by atoms with Crippen molar-refractivity contribution in [1.29, 1.82) is 0 Å². The molecule has 1 heterocycles. The van der Waals surface area contributed by atoms with Crippen LogP contribution in [0.2, 0.25) is 0 Å². The molecule has 0 bridgehead atoms. The molecule has 0 amide bonds. The van der Waals surface area contributed by atoms with Crippen molar-refractivity contribution in [3.63, 3.8) is 0 Å².